The number of aliphatic hydroxyl groups excluding tert-OH is 1. The predicted octanol–water partition coefficient (Wildman–Crippen LogP) is 2.53. The third-order valence-corrected chi connectivity index (χ3v) is 1.55. The minimum atomic E-state index is -0.217. The highest BCUT2D eigenvalue weighted by atomic mass is 16.3. The van der Waals surface area contributed by atoms with Crippen LogP contribution in [0.2, 0.25) is 0 Å². The van der Waals surface area contributed by atoms with Crippen molar-refractivity contribution >= 4 is 0 Å². The number of allylic oxidation sites excluding steroid dienone is 2. The molecule has 1 atom stereocenters. The monoisotopic (exact) mass is 154 g/mol. The summed E-state index contributed by atoms with van der Waals surface area (Å²) in [5.41, 5.74) is 1.03. The van der Waals surface area contributed by atoms with E-state index >= 15 is 0 Å². The molecule has 0 rings (SSSR count). The summed E-state index contributed by atoms with van der Waals surface area (Å²) >= 11 is 0. The molecule has 0 aliphatic rings. The lowest BCUT2D eigenvalue weighted by Crippen LogP contribution is -2.12. The van der Waals surface area contributed by atoms with Crippen molar-refractivity contribution in [2.75, 3.05) is 0 Å². The molecule has 0 aromatic heterocycles. The van der Waals surface area contributed by atoms with E-state index in [0.29, 0.717) is 5.92 Å². The van der Waals surface area contributed by atoms with Crippen LogP contribution in [0, 0.1) is 5.92 Å². The Bertz CT molecular complexity index is 145. The lowest BCUT2D eigenvalue weighted by atomic mass is 10.0. The van der Waals surface area contributed by atoms with E-state index in [1.54, 1.807) is 0 Å². The zero-order valence-electron chi connectivity index (χ0n) is 7.67. The van der Waals surface area contributed by atoms with Gasteiger partial charge in [-0.1, -0.05) is 38.2 Å². The van der Waals surface area contributed by atoms with Crippen LogP contribution in [0.3, 0.4) is 0 Å². The Morgan fingerprint density at radius 1 is 1.55 bits per heavy atom. The van der Waals surface area contributed by atoms with Gasteiger partial charge in [0.15, 0.2) is 0 Å². The third kappa shape index (κ3) is 5.86. The molecule has 0 aliphatic carbocycles. The van der Waals surface area contributed by atoms with Crippen LogP contribution in [0.25, 0.3) is 0 Å². The predicted molar refractivity (Wildman–Crippen MR) is 49.4 cm³/mol. The van der Waals surface area contributed by atoms with Crippen LogP contribution < -0.4 is 0 Å². The zero-order valence-corrected chi connectivity index (χ0v) is 7.67. The van der Waals surface area contributed by atoms with Crippen LogP contribution in [0.4, 0.5) is 0 Å². The van der Waals surface area contributed by atoms with Gasteiger partial charge in [0.2, 0.25) is 0 Å². The first-order valence-corrected chi connectivity index (χ1v) is 4.04. The molecule has 0 aromatic carbocycles. The van der Waals surface area contributed by atoms with E-state index in [1.165, 1.54) is 0 Å². The third-order valence-electron chi connectivity index (χ3n) is 1.55. The second-order valence-electron chi connectivity index (χ2n) is 3.30. The van der Waals surface area contributed by atoms with Gasteiger partial charge in [-0.2, -0.15) is 0 Å². The second-order valence-corrected chi connectivity index (χ2v) is 3.30. The minimum absolute atomic E-state index is 0.217. The van der Waals surface area contributed by atoms with Crippen molar-refractivity contribution in [2.24, 2.45) is 5.92 Å². The highest BCUT2D eigenvalue weighted by molar-refractivity contribution is 5.10. The van der Waals surface area contributed by atoms with E-state index in [2.05, 4.69) is 6.58 Å². The largest absolute Gasteiger partial charge is 0.393 e. The van der Waals surface area contributed by atoms with Crippen molar-refractivity contribution in [3.8, 4) is 0 Å². The lowest BCUT2D eigenvalue weighted by molar-refractivity contribution is 0.128. The van der Waals surface area contributed by atoms with E-state index in [-0.39, 0.29) is 6.10 Å². The Labute approximate surface area is 69.4 Å². The average Bonchev–Trinajstić information content (AvgIpc) is 1.86. The molecule has 0 spiro atoms. The fraction of sp³-hybridized carbons (Fsp3) is 0.600. The van der Waals surface area contributed by atoms with Crippen molar-refractivity contribution in [2.45, 2.75) is 33.3 Å². The van der Waals surface area contributed by atoms with E-state index in [0.717, 1.165) is 12.0 Å². The molecule has 0 aliphatic heterocycles. The molecule has 1 heteroatoms. The number of aliphatic hydroxyl groups is 1. The van der Waals surface area contributed by atoms with Gasteiger partial charge in [0, 0.05) is 0 Å². The van der Waals surface area contributed by atoms with E-state index in [4.69, 9.17) is 0 Å². The molecule has 0 heterocycles. The van der Waals surface area contributed by atoms with Crippen LogP contribution >= 0.6 is 0 Å². The maximum absolute atomic E-state index is 9.36. The van der Waals surface area contributed by atoms with Crippen molar-refractivity contribution < 1.29 is 5.11 Å². The van der Waals surface area contributed by atoms with Crippen LogP contribution in [0.15, 0.2) is 24.3 Å². The number of rotatable bonds is 4. The van der Waals surface area contributed by atoms with Crippen LogP contribution in [0.5, 0.6) is 0 Å². The number of hydrogen-bond donors (Lipinski definition) is 1. The molecule has 11 heavy (non-hydrogen) atoms. The van der Waals surface area contributed by atoms with Crippen molar-refractivity contribution in [3.63, 3.8) is 0 Å². The smallest absolute Gasteiger partial charge is 0.0597 e. The molecular weight excluding hydrogens is 136 g/mol. The van der Waals surface area contributed by atoms with E-state index in [9.17, 15) is 5.11 Å². The molecule has 0 radical (unpaired) electrons. The molecule has 0 amide bonds. The lowest BCUT2D eigenvalue weighted by Gasteiger charge is -2.10. The van der Waals surface area contributed by atoms with Gasteiger partial charge in [-0.05, 0) is 19.3 Å². The van der Waals surface area contributed by atoms with E-state index < -0.39 is 0 Å². The molecule has 0 bridgehead atoms. The standard InChI is InChI=1S/C10H18O/c1-8(2)6-5-7-10(11)9(3)4/h5-6,9-11H,1,7H2,2-4H3. The molecule has 1 unspecified atom stereocenters. The molecule has 1 N–H and O–H groups in total. The van der Waals surface area contributed by atoms with Gasteiger partial charge in [0.1, 0.15) is 0 Å². The summed E-state index contributed by atoms with van der Waals surface area (Å²) in [6.45, 7) is 9.70. The Morgan fingerprint density at radius 3 is 2.45 bits per heavy atom. The molecule has 0 aromatic rings. The summed E-state index contributed by atoms with van der Waals surface area (Å²) in [6, 6.07) is 0. The van der Waals surface area contributed by atoms with Crippen molar-refractivity contribution in [1.29, 1.82) is 0 Å². The van der Waals surface area contributed by atoms with Gasteiger partial charge in [-0.25, -0.2) is 0 Å². The minimum Gasteiger partial charge on any atom is -0.393 e. The molecule has 0 saturated heterocycles. The van der Waals surface area contributed by atoms with Gasteiger partial charge in [0.05, 0.1) is 6.10 Å². The summed E-state index contributed by atoms with van der Waals surface area (Å²) in [6.07, 6.45) is 4.41. The zero-order chi connectivity index (χ0) is 8.85. The normalized spacial score (nSPS) is 14.3. The molecule has 0 saturated carbocycles. The second kappa shape index (κ2) is 5.14. The van der Waals surface area contributed by atoms with Crippen molar-refractivity contribution in [3.05, 3.63) is 24.3 Å². The topological polar surface area (TPSA) is 20.2 Å². The molecule has 64 valence electrons. The summed E-state index contributed by atoms with van der Waals surface area (Å²) in [4.78, 5) is 0. The number of hydrogen-bond acceptors (Lipinski definition) is 1. The first-order chi connectivity index (χ1) is 5.04. The molecule has 0 fully saturated rings. The highest BCUT2D eigenvalue weighted by Crippen LogP contribution is 2.06. The Morgan fingerprint density at radius 2 is 2.09 bits per heavy atom. The maximum atomic E-state index is 9.36. The van der Waals surface area contributed by atoms with Crippen LogP contribution in [-0.4, -0.2) is 11.2 Å². The summed E-state index contributed by atoms with van der Waals surface area (Å²) < 4.78 is 0. The SMILES string of the molecule is C=C(C)C=CCC(O)C(C)C. The first-order valence-electron chi connectivity index (χ1n) is 4.04. The quantitative estimate of drug-likeness (QED) is 0.617. The summed E-state index contributed by atoms with van der Waals surface area (Å²) in [5.74, 6) is 0.338. The summed E-state index contributed by atoms with van der Waals surface area (Å²) in [5, 5.41) is 9.36. The van der Waals surface area contributed by atoms with Gasteiger partial charge in [-0.15, -0.1) is 0 Å². The van der Waals surface area contributed by atoms with Crippen molar-refractivity contribution in [1.82, 2.24) is 0 Å². The van der Waals surface area contributed by atoms with Gasteiger partial charge >= 0.3 is 0 Å². The molecule has 1 nitrogen and oxygen atoms in total. The Balaban J connectivity index is 3.61. The fourth-order valence-corrected chi connectivity index (χ4v) is 0.681. The van der Waals surface area contributed by atoms with Gasteiger partial charge in [-0.3, -0.25) is 0 Å². The average molecular weight is 154 g/mol. The maximum Gasteiger partial charge on any atom is 0.0597 e. The van der Waals surface area contributed by atoms with E-state index in [1.807, 2.05) is 32.9 Å². The summed E-state index contributed by atoms with van der Waals surface area (Å²) in [7, 11) is 0. The molecular formula is C10H18O. The highest BCUT2D eigenvalue weighted by Gasteiger charge is 2.05. The van der Waals surface area contributed by atoms with Gasteiger partial charge < -0.3 is 5.11 Å². The Kier molecular flexibility index (Phi) is 4.88. The fourth-order valence-electron chi connectivity index (χ4n) is 0.681. The van der Waals surface area contributed by atoms with Gasteiger partial charge in [0.25, 0.3) is 0 Å². The van der Waals surface area contributed by atoms with Crippen LogP contribution in [0.1, 0.15) is 27.2 Å². The van der Waals surface area contributed by atoms with Crippen LogP contribution in [-0.2, 0) is 0 Å². The Hall–Kier alpha value is -0.560. The first kappa shape index (κ1) is 10.4.